The van der Waals surface area contributed by atoms with E-state index in [0.29, 0.717) is 38.0 Å². The van der Waals surface area contributed by atoms with Gasteiger partial charge in [-0.1, -0.05) is 0 Å². The highest BCUT2D eigenvalue weighted by atomic mass is 32.2. The Bertz CT molecular complexity index is 787. The first kappa shape index (κ1) is 19.8. The van der Waals surface area contributed by atoms with Crippen molar-refractivity contribution in [1.82, 2.24) is 19.9 Å². The van der Waals surface area contributed by atoms with Gasteiger partial charge in [-0.25, -0.2) is 22.1 Å². The number of rotatable bonds is 5. The smallest absolute Gasteiger partial charge is 0.211 e. The van der Waals surface area contributed by atoms with E-state index in [2.05, 4.69) is 20.6 Å². The lowest BCUT2D eigenvalue weighted by molar-refractivity contribution is 0.458. The molecule has 2 fully saturated rings. The third-order valence-corrected chi connectivity index (χ3v) is 6.34. The summed E-state index contributed by atoms with van der Waals surface area (Å²) in [6, 6.07) is 3.16. The Morgan fingerprint density at radius 1 is 1.37 bits per heavy atom. The first-order valence-corrected chi connectivity index (χ1v) is 11.0. The molecule has 2 N–H and O–H groups in total. The van der Waals surface area contributed by atoms with Crippen LogP contribution in [0.4, 0.5) is 10.2 Å². The molecule has 27 heavy (non-hydrogen) atoms. The van der Waals surface area contributed by atoms with Crippen LogP contribution in [0, 0.1) is 11.7 Å². The van der Waals surface area contributed by atoms with Gasteiger partial charge >= 0.3 is 0 Å². The third kappa shape index (κ3) is 5.07. The zero-order valence-electron chi connectivity index (χ0n) is 15.7. The molecule has 150 valence electrons. The molecule has 2 atom stereocenters. The quantitative estimate of drug-likeness (QED) is 0.546. The normalized spacial score (nSPS) is 24.4. The fraction of sp³-hybridized carbons (Fsp3) is 0.647. The zero-order chi connectivity index (χ0) is 19.4. The molecule has 8 nitrogen and oxygen atoms in total. The summed E-state index contributed by atoms with van der Waals surface area (Å²) in [4.78, 5) is 10.3. The first-order chi connectivity index (χ1) is 12.9. The summed E-state index contributed by atoms with van der Waals surface area (Å²) in [5.74, 6) is 1.02. The van der Waals surface area contributed by atoms with Gasteiger partial charge in [0.15, 0.2) is 17.6 Å². The lowest BCUT2D eigenvalue weighted by Crippen LogP contribution is -2.46. The zero-order valence-corrected chi connectivity index (χ0v) is 16.5. The van der Waals surface area contributed by atoms with Gasteiger partial charge in [-0.2, -0.15) is 0 Å². The SMILES string of the molecule is CN=C(NCC1CCN(S(C)(=O)=O)C1)NC1CCN(c2ncccc2F)C1. The molecule has 0 radical (unpaired) electrons. The fourth-order valence-electron chi connectivity index (χ4n) is 3.57. The van der Waals surface area contributed by atoms with Crippen molar-refractivity contribution < 1.29 is 12.8 Å². The lowest BCUT2D eigenvalue weighted by atomic mass is 10.1. The van der Waals surface area contributed by atoms with E-state index in [1.807, 2.05) is 4.90 Å². The number of nitrogens with zero attached hydrogens (tertiary/aromatic N) is 4. The van der Waals surface area contributed by atoms with Gasteiger partial charge in [0.1, 0.15) is 0 Å². The first-order valence-electron chi connectivity index (χ1n) is 9.14. The number of guanidine groups is 1. The number of anilines is 1. The van der Waals surface area contributed by atoms with Crippen LogP contribution in [0.5, 0.6) is 0 Å². The number of hydrogen-bond donors (Lipinski definition) is 2. The molecule has 3 heterocycles. The van der Waals surface area contributed by atoms with Crippen molar-refractivity contribution in [3.63, 3.8) is 0 Å². The van der Waals surface area contributed by atoms with E-state index in [4.69, 9.17) is 0 Å². The molecule has 10 heteroatoms. The minimum absolute atomic E-state index is 0.147. The van der Waals surface area contributed by atoms with E-state index in [-0.39, 0.29) is 17.8 Å². The van der Waals surface area contributed by atoms with Crippen molar-refractivity contribution in [2.75, 3.05) is 50.9 Å². The third-order valence-electron chi connectivity index (χ3n) is 5.07. The van der Waals surface area contributed by atoms with Crippen LogP contribution in [0.25, 0.3) is 0 Å². The summed E-state index contributed by atoms with van der Waals surface area (Å²) in [6.07, 6.45) is 4.55. The second-order valence-corrected chi connectivity index (χ2v) is 9.10. The number of nitrogens with one attached hydrogen (secondary N) is 2. The summed E-state index contributed by atoms with van der Waals surface area (Å²) in [7, 11) is -1.41. The number of halogens is 1. The van der Waals surface area contributed by atoms with E-state index in [0.717, 1.165) is 19.4 Å². The standard InChI is InChI=1S/C17H27FN6O2S/c1-19-17(21-10-13-5-9-24(11-13)27(2,25)26)22-14-6-8-23(12-14)16-15(18)4-3-7-20-16/h3-4,7,13-14H,5-6,8-12H2,1-2H3,(H2,19,21,22). The number of hydrogen-bond acceptors (Lipinski definition) is 5. The predicted octanol–water partition coefficient (Wildman–Crippen LogP) is 0.246. The summed E-state index contributed by atoms with van der Waals surface area (Å²) in [5.41, 5.74) is 0. The Balaban J connectivity index is 1.47. The molecule has 1 aromatic heterocycles. The Hall–Kier alpha value is -1.94. The van der Waals surface area contributed by atoms with Gasteiger partial charge in [-0.15, -0.1) is 0 Å². The van der Waals surface area contributed by atoms with E-state index in [9.17, 15) is 12.8 Å². The van der Waals surface area contributed by atoms with Crippen molar-refractivity contribution in [2.45, 2.75) is 18.9 Å². The number of sulfonamides is 1. The highest BCUT2D eigenvalue weighted by Gasteiger charge is 2.29. The average Bonchev–Trinajstić information content (AvgIpc) is 3.28. The molecule has 0 bridgehead atoms. The summed E-state index contributed by atoms with van der Waals surface area (Å²) >= 11 is 0. The molecule has 0 amide bonds. The van der Waals surface area contributed by atoms with Crippen LogP contribution in [0.1, 0.15) is 12.8 Å². The average molecular weight is 399 g/mol. The van der Waals surface area contributed by atoms with Crippen LogP contribution in [0.15, 0.2) is 23.3 Å². The Kier molecular flexibility index (Phi) is 6.15. The molecule has 2 aliphatic heterocycles. The van der Waals surface area contributed by atoms with Crippen LogP contribution in [0.3, 0.4) is 0 Å². The lowest BCUT2D eigenvalue weighted by Gasteiger charge is -2.21. The fourth-order valence-corrected chi connectivity index (χ4v) is 4.49. The molecule has 2 aliphatic rings. The molecule has 0 saturated carbocycles. The summed E-state index contributed by atoms with van der Waals surface area (Å²) < 4.78 is 38.6. The van der Waals surface area contributed by atoms with Crippen LogP contribution in [-0.4, -0.2) is 75.7 Å². The van der Waals surface area contributed by atoms with Crippen LogP contribution in [-0.2, 0) is 10.0 Å². The highest BCUT2D eigenvalue weighted by Crippen LogP contribution is 2.21. The summed E-state index contributed by atoms with van der Waals surface area (Å²) in [5, 5.41) is 6.65. The maximum Gasteiger partial charge on any atom is 0.211 e. The second-order valence-electron chi connectivity index (χ2n) is 7.11. The van der Waals surface area contributed by atoms with Gasteiger partial charge in [0, 0.05) is 52.0 Å². The Morgan fingerprint density at radius 3 is 2.85 bits per heavy atom. The summed E-state index contributed by atoms with van der Waals surface area (Å²) in [6.45, 7) is 3.16. The maximum atomic E-state index is 13.9. The van der Waals surface area contributed by atoms with Gasteiger partial charge in [0.25, 0.3) is 0 Å². The largest absolute Gasteiger partial charge is 0.356 e. The molecule has 3 rings (SSSR count). The number of aliphatic imine (C=N–C) groups is 1. The predicted molar refractivity (Wildman–Crippen MR) is 104 cm³/mol. The molecular weight excluding hydrogens is 371 g/mol. The van der Waals surface area contributed by atoms with Gasteiger partial charge in [0.2, 0.25) is 10.0 Å². The van der Waals surface area contributed by atoms with Crippen molar-refractivity contribution in [1.29, 1.82) is 0 Å². The van der Waals surface area contributed by atoms with E-state index in [1.54, 1.807) is 19.3 Å². The van der Waals surface area contributed by atoms with E-state index in [1.165, 1.54) is 16.6 Å². The molecule has 0 aromatic carbocycles. The Morgan fingerprint density at radius 2 is 2.19 bits per heavy atom. The van der Waals surface area contributed by atoms with Gasteiger partial charge in [0.05, 0.1) is 6.26 Å². The van der Waals surface area contributed by atoms with Crippen molar-refractivity contribution in [2.24, 2.45) is 10.9 Å². The number of pyridine rings is 1. The minimum Gasteiger partial charge on any atom is -0.356 e. The molecule has 0 spiro atoms. The molecule has 2 saturated heterocycles. The topological polar surface area (TPSA) is 89.9 Å². The highest BCUT2D eigenvalue weighted by molar-refractivity contribution is 7.88. The molecule has 0 aliphatic carbocycles. The molecule has 1 aromatic rings. The van der Waals surface area contributed by atoms with Crippen molar-refractivity contribution in [3.8, 4) is 0 Å². The van der Waals surface area contributed by atoms with E-state index < -0.39 is 10.0 Å². The van der Waals surface area contributed by atoms with Crippen LogP contribution in [0.2, 0.25) is 0 Å². The monoisotopic (exact) mass is 398 g/mol. The minimum atomic E-state index is -3.12. The van der Waals surface area contributed by atoms with Crippen LogP contribution >= 0.6 is 0 Å². The van der Waals surface area contributed by atoms with Gasteiger partial charge in [-0.05, 0) is 30.9 Å². The van der Waals surface area contributed by atoms with Gasteiger partial charge in [-0.3, -0.25) is 4.99 Å². The van der Waals surface area contributed by atoms with Crippen molar-refractivity contribution >= 4 is 21.8 Å². The maximum absolute atomic E-state index is 13.9. The van der Waals surface area contributed by atoms with Gasteiger partial charge < -0.3 is 15.5 Å². The molecular formula is C17H27FN6O2S. The number of aromatic nitrogens is 1. The van der Waals surface area contributed by atoms with E-state index >= 15 is 0 Å². The molecule has 2 unspecified atom stereocenters. The Labute approximate surface area is 159 Å². The van der Waals surface area contributed by atoms with Crippen LogP contribution < -0.4 is 15.5 Å². The van der Waals surface area contributed by atoms with Crippen molar-refractivity contribution in [3.05, 3.63) is 24.1 Å². The second kappa shape index (κ2) is 8.39.